The summed E-state index contributed by atoms with van der Waals surface area (Å²) >= 11 is 6.21. The number of amides is 2. The van der Waals surface area contributed by atoms with Crippen LogP contribution in [-0.4, -0.2) is 44.3 Å². The Hall–Kier alpha value is -4.26. The predicted molar refractivity (Wildman–Crippen MR) is 196 cm³/mol. The molecule has 2 amide bonds. The van der Waals surface area contributed by atoms with Crippen molar-refractivity contribution in [2.45, 2.75) is 105 Å². The SMILES string of the molecule is CC.CCCC(=O)N1CCN(C(=O)c2cc(C(F)(F)F)cc(C(F)(F)F)c2)C1c1ccc(C)c(Cl)c1.CCCC(CCC)n1c(=O)[nH]c2ccccc21. The number of rotatable bonds is 9. The standard InChI is InChI=1S/C23H21ClF6N2O2.C14H20N2O.C2H6/c1-3-4-19(33)31-7-8-32(20(31)14-6-5-13(2)18(24)11-14)21(34)15-9-16(22(25,26)27)12-17(10-15)23(28,29)30;1-3-7-11(8-4-2)16-13-10-6-5-9-12(13)15-14(16)17;1-2/h5-6,9-12,20H,3-4,7-8H2,1-2H3;5-6,9-11H,3-4,7-8H2,1-2H3,(H,15,17);1-2H3. The molecule has 1 aliphatic heterocycles. The molecular weight excluding hydrogens is 722 g/mol. The van der Waals surface area contributed by atoms with Crippen molar-refractivity contribution in [3.8, 4) is 0 Å². The molecule has 1 N–H and O–H groups in total. The highest BCUT2D eigenvalue weighted by molar-refractivity contribution is 6.31. The van der Waals surface area contributed by atoms with Gasteiger partial charge in [-0.15, -0.1) is 0 Å². The van der Waals surface area contributed by atoms with Crippen molar-refractivity contribution in [2.75, 3.05) is 13.1 Å². The molecule has 2 heterocycles. The molecule has 1 aromatic heterocycles. The maximum Gasteiger partial charge on any atom is 0.416 e. The molecule has 3 aromatic carbocycles. The molecule has 1 unspecified atom stereocenters. The lowest BCUT2D eigenvalue weighted by atomic mass is 10.0. The molecule has 290 valence electrons. The number of nitrogens with one attached hydrogen (secondary N) is 1. The number of carbonyl (C=O) groups is 2. The summed E-state index contributed by atoms with van der Waals surface area (Å²) in [5.41, 5.74) is -0.792. The average Bonchev–Trinajstić information content (AvgIpc) is 3.70. The summed E-state index contributed by atoms with van der Waals surface area (Å²) in [5, 5.41) is 0.345. The average molecular weight is 769 g/mol. The largest absolute Gasteiger partial charge is 0.416 e. The number of aromatic amines is 1. The number of benzene rings is 3. The monoisotopic (exact) mass is 768 g/mol. The zero-order valence-electron chi connectivity index (χ0n) is 30.8. The minimum absolute atomic E-state index is 0.0260. The van der Waals surface area contributed by atoms with Gasteiger partial charge in [0, 0.05) is 36.1 Å². The van der Waals surface area contributed by atoms with E-state index in [0.717, 1.165) is 47.2 Å². The van der Waals surface area contributed by atoms with Crippen molar-refractivity contribution in [2.24, 2.45) is 0 Å². The molecule has 1 saturated heterocycles. The second kappa shape index (κ2) is 18.7. The number of hydrogen-bond donors (Lipinski definition) is 1. The van der Waals surface area contributed by atoms with E-state index >= 15 is 0 Å². The molecule has 0 radical (unpaired) electrons. The third kappa shape index (κ3) is 10.5. The smallest absolute Gasteiger partial charge is 0.316 e. The van der Waals surface area contributed by atoms with Crippen LogP contribution in [0.5, 0.6) is 0 Å². The maximum atomic E-state index is 13.3. The van der Waals surface area contributed by atoms with Gasteiger partial charge in [0.2, 0.25) is 5.91 Å². The molecule has 1 fully saturated rings. The molecule has 5 rings (SSSR count). The van der Waals surface area contributed by atoms with Crippen molar-refractivity contribution in [1.82, 2.24) is 19.4 Å². The zero-order chi connectivity index (χ0) is 39.7. The van der Waals surface area contributed by atoms with E-state index in [1.807, 2.05) is 42.7 Å². The molecule has 0 spiro atoms. The van der Waals surface area contributed by atoms with Gasteiger partial charge in [-0.1, -0.05) is 83.3 Å². The van der Waals surface area contributed by atoms with E-state index in [2.05, 4.69) is 18.8 Å². The molecule has 0 aliphatic carbocycles. The Labute approximate surface area is 310 Å². The van der Waals surface area contributed by atoms with Gasteiger partial charge in [0.05, 0.1) is 22.2 Å². The molecule has 7 nitrogen and oxygen atoms in total. The number of nitrogens with zero attached hydrogens (tertiary/aromatic N) is 3. The summed E-state index contributed by atoms with van der Waals surface area (Å²) < 4.78 is 81.7. The van der Waals surface area contributed by atoms with Crippen LogP contribution in [-0.2, 0) is 17.1 Å². The maximum absolute atomic E-state index is 13.3. The molecule has 0 bridgehead atoms. The molecule has 53 heavy (non-hydrogen) atoms. The third-order valence-electron chi connectivity index (χ3n) is 8.78. The number of hydrogen-bond acceptors (Lipinski definition) is 3. The van der Waals surface area contributed by atoms with Gasteiger partial charge in [-0.25, -0.2) is 4.79 Å². The Balaban J connectivity index is 0.000000332. The van der Waals surface area contributed by atoms with Gasteiger partial charge in [0.15, 0.2) is 0 Å². The van der Waals surface area contributed by atoms with Crippen LogP contribution in [0.4, 0.5) is 26.3 Å². The second-order valence-electron chi connectivity index (χ2n) is 12.6. The number of imidazole rings is 1. The van der Waals surface area contributed by atoms with Crippen LogP contribution >= 0.6 is 11.6 Å². The summed E-state index contributed by atoms with van der Waals surface area (Å²) in [4.78, 5) is 43.5. The van der Waals surface area contributed by atoms with E-state index in [1.165, 1.54) is 11.0 Å². The van der Waals surface area contributed by atoms with Crippen LogP contribution in [0, 0.1) is 6.92 Å². The van der Waals surface area contributed by atoms with Gasteiger partial charge >= 0.3 is 18.0 Å². The van der Waals surface area contributed by atoms with Crippen LogP contribution in [0.1, 0.15) is 118 Å². The number of para-hydroxylation sites is 2. The Morgan fingerprint density at radius 1 is 0.830 bits per heavy atom. The minimum Gasteiger partial charge on any atom is -0.316 e. The predicted octanol–water partition coefficient (Wildman–Crippen LogP) is 11.0. The quantitative estimate of drug-likeness (QED) is 0.172. The molecule has 4 aromatic rings. The summed E-state index contributed by atoms with van der Waals surface area (Å²) in [6.45, 7) is 11.9. The molecule has 14 heteroatoms. The van der Waals surface area contributed by atoms with Crippen LogP contribution in [0.2, 0.25) is 5.02 Å². The lowest BCUT2D eigenvalue weighted by Gasteiger charge is -2.31. The highest BCUT2D eigenvalue weighted by Crippen LogP contribution is 2.39. The second-order valence-corrected chi connectivity index (χ2v) is 13.0. The number of fused-ring (bicyclic) bond motifs is 1. The number of aryl methyl sites for hydroxylation is 1. The fourth-order valence-corrected chi connectivity index (χ4v) is 6.53. The molecule has 0 saturated carbocycles. The van der Waals surface area contributed by atoms with Crippen molar-refractivity contribution < 1.29 is 35.9 Å². The number of carbonyl (C=O) groups excluding carboxylic acids is 2. The highest BCUT2D eigenvalue weighted by atomic mass is 35.5. The Morgan fingerprint density at radius 2 is 1.40 bits per heavy atom. The number of alkyl halides is 6. The molecule has 1 aliphatic rings. The third-order valence-corrected chi connectivity index (χ3v) is 9.19. The Morgan fingerprint density at radius 3 is 1.92 bits per heavy atom. The van der Waals surface area contributed by atoms with Crippen molar-refractivity contribution >= 4 is 34.4 Å². The number of aromatic nitrogens is 2. The van der Waals surface area contributed by atoms with Gasteiger partial charge in [-0.05, 0) is 73.7 Å². The van der Waals surface area contributed by atoms with Crippen LogP contribution < -0.4 is 5.69 Å². The minimum atomic E-state index is -5.09. The van der Waals surface area contributed by atoms with E-state index in [9.17, 15) is 40.7 Å². The van der Waals surface area contributed by atoms with Crippen molar-refractivity contribution in [3.05, 3.63) is 104 Å². The zero-order valence-corrected chi connectivity index (χ0v) is 31.6. The van der Waals surface area contributed by atoms with E-state index < -0.39 is 41.1 Å². The molecule has 1 atom stereocenters. The summed E-state index contributed by atoms with van der Waals surface area (Å²) in [5.74, 6) is -1.34. The van der Waals surface area contributed by atoms with E-state index in [1.54, 1.807) is 26.0 Å². The normalized spacial score (nSPS) is 14.6. The van der Waals surface area contributed by atoms with Gasteiger partial charge in [-0.2, -0.15) is 26.3 Å². The van der Waals surface area contributed by atoms with Crippen molar-refractivity contribution in [1.29, 1.82) is 0 Å². The first-order chi connectivity index (χ1) is 25.0. The van der Waals surface area contributed by atoms with Gasteiger partial charge in [-0.3, -0.25) is 14.2 Å². The lowest BCUT2D eigenvalue weighted by molar-refractivity contribution is -0.143. The summed E-state index contributed by atoms with van der Waals surface area (Å²) in [6.07, 6.45) is -6.16. The first-order valence-electron chi connectivity index (χ1n) is 17.9. The first kappa shape index (κ1) is 43.1. The van der Waals surface area contributed by atoms with Crippen molar-refractivity contribution in [3.63, 3.8) is 0 Å². The van der Waals surface area contributed by atoms with E-state index in [-0.39, 0.29) is 37.2 Å². The lowest BCUT2D eigenvalue weighted by Crippen LogP contribution is -2.38. The van der Waals surface area contributed by atoms with Gasteiger partial charge in [0.1, 0.15) is 6.17 Å². The van der Waals surface area contributed by atoms with E-state index in [4.69, 9.17) is 11.6 Å². The van der Waals surface area contributed by atoms with Crippen LogP contribution in [0.3, 0.4) is 0 Å². The molecular formula is C39H47ClF6N4O3. The fourth-order valence-electron chi connectivity index (χ4n) is 6.34. The van der Waals surface area contributed by atoms with E-state index in [0.29, 0.717) is 35.2 Å². The van der Waals surface area contributed by atoms with Gasteiger partial charge in [0.25, 0.3) is 5.91 Å². The fraction of sp³-hybridized carbons (Fsp3) is 0.462. The Bertz CT molecular complexity index is 1860. The number of halogens is 7. The van der Waals surface area contributed by atoms with Crippen LogP contribution in [0.15, 0.2) is 65.5 Å². The summed E-state index contributed by atoms with van der Waals surface area (Å²) in [6, 6.07) is 13.8. The highest BCUT2D eigenvalue weighted by Gasteiger charge is 2.42. The van der Waals surface area contributed by atoms with Gasteiger partial charge < -0.3 is 14.8 Å². The van der Waals surface area contributed by atoms with Crippen LogP contribution in [0.25, 0.3) is 11.0 Å². The summed E-state index contributed by atoms with van der Waals surface area (Å²) in [7, 11) is 0. The Kier molecular flexibility index (Phi) is 15.2. The number of H-pyrrole nitrogens is 1. The first-order valence-corrected chi connectivity index (χ1v) is 18.2. The topological polar surface area (TPSA) is 78.4 Å².